The molecule has 1 amide bonds. The number of benzene rings is 1. The molecule has 0 unspecified atom stereocenters. The number of hydrogen-bond donors (Lipinski definition) is 3. The molecule has 0 bridgehead atoms. The van der Waals surface area contributed by atoms with Crippen molar-refractivity contribution in [3.8, 4) is 0 Å². The van der Waals surface area contributed by atoms with E-state index in [1.54, 1.807) is 7.05 Å². The van der Waals surface area contributed by atoms with Crippen LogP contribution in [0.5, 0.6) is 0 Å². The van der Waals surface area contributed by atoms with Gasteiger partial charge in [0.15, 0.2) is 5.96 Å². The molecular weight excluding hydrogens is 451 g/mol. The van der Waals surface area contributed by atoms with Crippen LogP contribution in [-0.2, 0) is 11.3 Å². The summed E-state index contributed by atoms with van der Waals surface area (Å²) >= 11 is 0. The Morgan fingerprint density at radius 1 is 1.22 bits per heavy atom. The van der Waals surface area contributed by atoms with Crippen LogP contribution in [0.2, 0.25) is 0 Å². The van der Waals surface area contributed by atoms with Gasteiger partial charge in [0.2, 0.25) is 5.91 Å². The molecule has 0 aromatic heterocycles. The van der Waals surface area contributed by atoms with Gasteiger partial charge in [0.05, 0.1) is 0 Å². The van der Waals surface area contributed by atoms with Gasteiger partial charge in [-0.15, -0.1) is 24.0 Å². The first-order chi connectivity index (χ1) is 12.6. The monoisotopic (exact) mass is 486 g/mol. The van der Waals surface area contributed by atoms with E-state index in [-0.39, 0.29) is 35.8 Å². The van der Waals surface area contributed by atoms with Gasteiger partial charge in [0.1, 0.15) is 0 Å². The summed E-state index contributed by atoms with van der Waals surface area (Å²) in [6.07, 6.45) is 6.88. The van der Waals surface area contributed by atoms with Crippen LogP contribution in [0.1, 0.15) is 57.9 Å². The van der Waals surface area contributed by atoms with Crippen LogP contribution in [0, 0.1) is 11.8 Å². The van der Waals surface area contributed by atoms with Crippen molar-refractivity contribution in [2.75, 3.05) is 18.9 Å². The second-order valence-corrected chi connectivity index (χ2v) is 7.56. The van der Waals surface area contributed by atoms with Gasteiger partial charge >= 0.3 is 0 Å². The highest BCUT2D eigenvalue weighted by Gasteiger charge is 2.25. The van der Waals surface area contributed by atoms with Gasteiger partial charge in [-0.2, -0.15) is 0 Å². The van der Waals surface area contributed by atoms with E-state index in [2.05, 4.69) is 40.9 Å². The van der Waals surface area contributed by atoms with Gasteiger partial charge in [-0.3, -0.25) is 9.79 Å². The number of carbonyl (C=O) groups is 1. The van der Waals surface area contributed by atoms with E-state index in [9.17, 15) is 4.79 Å². The van der Waals surface area contributed by atoms with Crippen LogP contribution in [0.15, 0.2) is 29.3 Å². The number of nitrogens with one attached hydrogen (secondary N) is 3. The molecule has 27 heavy (non-hydrogen) atoms. The molecule has 1 fully saturated rings. The van der Waals surface area contributed by atoms with Crippen molar-refractivity contribution in [2.24, 2.45) is 16.8 Å². The maximum Gasteiger partial charge on any atom is 0.227 e. The molecule has 0 radical (unpaired) electrons. The highest BCUT2D eigenvalue weighted by molar-refractivity contribution is 14.0. The Labute approximate surface area is 181 Å². The number of rotatable bonds is 9. The van der Waals surface area contributed by atoms with Crippen LogP contribution < -0.4 is 16.0 Å². The van der Waals surface area contributed by atoms with Crippen molar-refractivity contribution >= 4 is 41.5 Å². The molecule has 0 atom stereocenters. The first-order valence-corrected chi connectivity index (χ1v) is 9.93. The Kier molecular flexibility index (Phi) is 11.4. The quantitative estimate of drug-likeness (QED) is 0.208. The van der Waals surface area contributed by atoms with Crippen LogP contribution in [0.25, 0.3) is 0 Å². The lowest BCUT2D eigenvalue weighted by molar-refractivity contribution is -0.122. The topological polar surface area (TPSA) is 65.5 Å². The fraction of sp³-hybridized carbons (Fsp3) is 0.619. The lowest BCUT2D eigenvalue weighted by Crippen LogP contribution is -2.37. The van der Waals surface area contributed by atoms with E-state index in [0.29, 0.717) is 6.54 Å². The average molecular weight is 486 g/mol. The lowest BCUT2D eigenvalue weighted by Gasteiger charge is -2.24. The van der Waals surface area contributed by atoms with E-state index < -0.39 is 0 Å². The highest BCUT2D eigenvalue weighted by atomic mass is 127. The molecule has 2 rings (SSSR count). The molecular formula is C21H35IN4O. The number of halogens is 1. The summed E-state index contributed by atoms with van der Waals surface area (Å²) in [6, 6.07) is 8.01. The first-order valence-electron chi connectivity index (χ1n) is 9.93. The predicted molar refractivity (Wildman–Crippen MR) is 125 cm³/mol. The Balaban J connectivity index is 0.00000364. The standard InChI is InChI=1S/C21H34N4O.HI/c1-16(2)8-4-5-13-23-21(22-3)24-15-17-9-6-12-19(14-17)25-20(26)18-10-7-11-18;/h6,9,12,14,16,18H,4-5,7-8,10-11,13,15H2,1-3H3,(H,25,26)(H2,22,23,24);1H. The molecule has 1 aromatic rings. The van der Waals surface area contributed by atoms with Crippen molar-refractivity contribution < 1.29 is 4.79 Å². The first kappa shape index (κ1) is 23.7. The molecule has 6 heteroatoms. The van der Waals surface area contributed by atoms with Crippen LogP contribution in [-0.4, -0.2) is 25.5 Å². The third-order valence-electron chi connectivity index (χ3n) is 4.85. The molecule has 0 heterocycles. The van der Waals surface area contributed by atoms with Crippen molar-refractivity contribution in [3.63, 3.8) is 0 Å². The number of anilines is 1. The maximum atomic E-state index is 12.1. The molecule has 0 spiro atoms. The Bertz CT molecular complexity index is 600. The van der Waals surface area contributed by atoms with Gasteiger partial charge in [-0.05, 0) is 42.9 Å². The number of unbranched alkanes of at least 4 members (excludes halogenated alkanes) is 1. The van der Waals surface area contributed by atoms with Gasteiger partial charge < -0.3 is 16.0 Å². The number of amides is 1. The molecule has 152 valence electrons. The molecule has 0 saturated heterocycles. The average Bonchev–Trinajstić information content (AvgIpc) is 2.55. The van der Waals surface area contributed by atoms with Gasteiger partial charge in [-0.25, -0.2) is 0 Å². The maximum absolute atomic E-state index is 12.1. The fourth-order valence-corrected chi connectivity index (χ4v) is 2.96. The molecule has 1 aromatic carbocycles. The van der Waals surface area contributed by atoms with Gasteiger partial charge in [0.25, 0.3) is 0 Å². The molecule has 5 nitrogen and oxygen atoms in total. The predicted octanol–water partition coefficient (Wildman–Crippen LogP) is 4.53. The lowest BCUT2D eigenvalue weighted by atomic mass is 9.85. The Morgan fingerprint density at radius 2 is 2.00 bits per heavy atom. The van der Waals surface area contributed by atoms with Crippen molar-refractivity contribution in [3.05, 3.63) is 29.8 Å². The van der Waals surface area contributed by atoms with E-state index in [0.717, 1.165) is 48.9 Å². The van der Waals surface area contributed by atoms with Gasteiger partial charge in [-0.1, -0.05) is 45.2 Å². The summed E-state index contributed by atoms with van der Waals surface area (Å²) in [5.41, 5.74) is 2.00. The summed E-state index contributed by atoms with van der Waals surface area (Å²) in [7, 11) is 1.79. The van der Waals surface area contributed by atoms with E-state index in [1.807, 2.05) is 18.2 Å². The summed E-state index contributed by atoms with van der Waals surface area (Å²) in [4.78, 5) is 16.3. The Morgan fingerprint density at radius 3 is 2.63 bits per heavy atom. The molecule has 1 saturated carbocycles. The molecule has 1 aliphatic rings. The normalized spacial score (nSPS) is 14.3. The second kappa shape index (κ2) is 13.0. The number of hydrogen-bond acceptors (Lipinski definition) is 2. The third-order valence-corrected chi connectivity index (χ3v) is 4.85. The second-order valence-electron chi connectivity index (χ2n) is 7.56. The van der Waals surface area contributed by atoms with Gasteiger partial charge in [0, 0.05) is 31.7 Å². The summed E-state index contributed by atoms with van der Waals surface area (Å²) in [5, 5.41) is 9.73. The van der Waals surface area contributed by atoms with Crippen molar-refractivity contribution in [2.45, 2.75) is 58.9 Å². The van der Waals surface area contributed by atoms with Crippen LogP contribution in [0.3, 0.4) is 0 Å². The minimum atomic E-state index is 0. The highest BCUT2D eigenvalue weighted by Crippen LogP contribution is 2.27. The minimum absolute atomic E-state index is 0. The number of aliphatic imine (C=N–C) groups is 1. The van der Waals surface area contributed by atoms with E-state index in [4.69, 9.17) is 0 Å². The zero-order valence-electron chi connectivity index (χ0n) is 16.9. The smallest absolute Gasteiger partial charge is 0.227 e. The minimum Gasteiger partial charge on any atom is -0.356 e. The fourth-order valence-electron chi connectivity index (χ4n) is 2.96. The molecule has 0 aliphatic heterocycles. The number of nitrogens with zero attached hydrogens (tertiary/aromatic N) is 1. The van der Waals surface area contributed by atoms with Crippen LogP contribution >= 0.6 is 24.0 Å². The summed E-state index contributed by atoms with van der Waals surface area (Å²) < 4.78 is 0. The number of guanidine groups is 1. The Hall–Kier alpha value is -1.31. The van der Waals surface area contributed by atoms with Crippen molar-refractivity contribution in [1.82, 2.24) is 10.6 Å². The molecule has 3 N–H and O–H groups in total. The third kappa shape index (κ3) is 8.95. The van der Waals surface area contributed by atoms with E-state index >= 15 is 0 Å². The summed E-state index contributed by atoms with van der Waals surface area (Å²) in [5.74, 6) is 1.94. The summed E-state index contributed by atoms with van der Waals surface area (Å²) in [6.45, 7) is 6.13. The van der Waals surface area contributed by atoms with Crippen LogP contribution in [0.4, 0.5) is 5.69 Å². The molecule has 1 aliphatic carbocycles. The SMILES string of the molecule is CN=C(NCCCCC(C)C)NCc1cccc(NC(=O)C2CCC2)c1.I. The van der Waals surface area contributed by atoms with E-state index in [1.165, 1.54) is 19.3 Å². The number of carbonyl (C=O) groups excluding carboxylic acids is 1. The zero-order chi connectivity index (χ0) is 18.8. The van der Waals surface area contributed by atoms with Crippen molar-refractivity contribution in [1.29, 1.82) is 0 Å². The zero-order valence-corrected chi connectivity index (χ0v) is 19.2. The largest absolute Gasteiger partial charge is 0.356 e.